The van der Waals surface area contributed by atoms with Gasteiger partial charge in [0, 0.05) is 33.8 Å². The Morgan fingerprint density at radius 2 is 1.74 bits per heavy atom. The molecule has 5 aromatic rings. The van der Waals surface area contributed by atoms with E-state index in [2.05, 4.69) is 76.7 Å². The number of aromatic amines is 1. The average Bonchev–Trinajstić information content (AvgIpc) is 3.54. The van der Waals surface area contributed by atoms with Crippen LogP contribution in [0.25, 0.3) is 39.4 Å². The summed E-state index contributed by atoms with van der Waals surface area (Å²) >= 11 is 0. The fourth-order valence-corrected chi connectivity index (χ4v) is 5.03. The van der Waals surface area contributed by atoms with E-state index in [1.165, 1.54) is 5.56 Å². The topological polar surface area (TPSA) is 51.0 Å². The van der Waals surface area contributed by atoms with Gasteiger partial charge in [-0.3, -0.25) is 0 Å². The molecular weight excluding hydrogens is 384 g/mol. The number of hydrogen-bond donors (Lipinski definition) is 1. The number of aromatic nitrogens is 2. The number of rotatable bonds is 1. The molecule has 0 fully saturated rings. The largest absolute Gasteiger partial charge is 0.491 e. The molecule has 4 heteroatoms. The first kappa shape index (κ1) is 16.7. The summed E-state index contributed by atoms with van der Waals surface area (Å²) in [5.41, 5.74) is 6.22. The van der Waals surface area contributed by atoms with Gasteiger partial charge in [-0.25, -0.2) is 4.98 Å². The van der Waals surface area contributed by atoms with Crippen LogP contribution in [0.5, 0.6) is 5.75 Å². The third-order valence-corrected chi connectivity index (χ3v) is 6.52. The highest BCUT2D eigenvalue weighted by Gasteiger charge is 2.41. The first-order chi connectivity index (χ1) is 15.3. The highest BCUT2D eigenvalue weighted by atomic mass is 16.5. The molecule has 31 heavy (non-hydrogen) atoms. The predicted molar refractivity (Wildman–Crippen MR) is 121 cm³/mol. The molecule has 2 aliphatic rings. The minimum absolute atomic E-state index is 0.407. The smallest absolute Gasteiger partial charge is 0.219 e. The highest BCUT2D eigenvalue weighted by molar-refractivity contribution is 6.06. The first-order valence-corrected chi connectivity index (χ1v) is 10.4. The van der Waals surface area contributed by atoms with Crippen LogP contribution in [-0.4, -0.2) is 16.6 Å². The lowest BCUT2D eigenvalue weighted by molar-refractivity contribution is 0.318. The van der Waals surface area contributed by atoms with E-state index in [0.717, 1.165) is 44.7 Å². The molecule has 4 heterocycles. The Kier molecular flexibility index (Phi) is 3.23. The number of nitrogens with zero attached hydrogens (tertiary/aromatic N) is 1. The molecule has 1 atom stereocenters. The van der Waals surface area contributed by atoms with Gasteiger partial charge in [-0.2, -0.15) is 0 Å². The van der Waals surface area contributed by atoms with Crippen molar-refractivity contribution < 1.29 is 9.15 Å². The van der Waals surface area contributed by atoms with Crippen LogP contribution in [0.3, 0.4) is 0 Å². The molecule has 0 saturated carbocycles. The number of para-hydroxylation sites is 1. The third-order valence-electron chi connectivity index (χ3n) is 6.52. The maximum atomic E-state index is 6.46. The molecule has 148 valence electrons. The number of H-pyrrole nitrogens is 1. The summed E-state index contributed by atoms with van der Waals surface area (Å²) in [6.07, 6.45) is 7.94. The molecule has 1 N–H and O–H groups in total. The molecule has 4 nitrogen and oxygen atoms in total. The van der Waals surface area contributed by atoms with Crippen molar-refractivity contribution >= 4 is 17.0 Å². The van der Waals surface area contributed by atoms with Gasteiger partial charge in [0.25, 0.3) is 0 Å². The molecule has 0 aliphatic carbocycles. The lowest BCUT2D eigenvalue weighted by Gasteiger charge is -2.25. The van der Waals surface area contributed by atoms with E-state index < -0.39 is 5.41 Å². The van der Waals surface area contributed by atoms with E-state index in [9.17, 15) is 0 Å². The Labute approximate surface area is 178 Å². The number of benzene rings is 3. The lowest BCUT2D eigenvalue weighted by atomic mass is 9.75. The van der Waals surface area contributed by atoms with E-state index >= 15 is 0 Å². The minimum atomic E-state index is -0.407. The average molecular weight is 402 g/mol. The number of hydrogen-bond acceptors (Lipinski definition) is 3. The first-order valence-electron chi connectivity index (χ1n) is 10.4. The lowest BCUT2D eigenvalue weighted by Crippen LogP contribution is -2.26. The van der Waals surface area contributed by atoms with Gasteiger partial charge in [-0.1, -0.05) is 66.7 Å². The van der Waals surface area contributed by atoms with Gasteiger partial charge in [0.1, 0.15) is 12.4 Å². The number of ether oxygens (including phenoxy) is 1. The summed E-state index contributed by atoms with van der Waals surface area (Å²) in [5, 5.41) is 1.11. The summed E-state index contributed by atoms with van der Waals surface area (Å²) in [6.45, 7) is 0.531. The maximum Gasteiger partial charge on any atom is 0.219 e. The molecule has 1 unspecified atom stereocenters. The molecule has 0 amide bonds. The number of fused-ring (bicyclic) bond motifs is 4. The van der Waals surface area contributed by atoms with Crippen LogP contribution in [0.2, 0.25) is 0 Å². The van der Waals surface area contributed by atoms with Crippen molar-refractivity contribution in [2.24, 2.45) is 0 Å². The van der Waals surface area contributed by atoms with Crippen LogP contribution in [0.1, 0.15) is 17.0 Å². The van der Waals surface area contributed by atoms with Crippen molar-refractivity contribution in [3.63, 3.8) is 0 Å². The van der Waals surface area contributed by atoms with Gasteiger partial charge in [0.2, 0.25) is 5.89 Å². The molecule has 0 radical (unpaired) electrons. The van der Waals surface area contributed by atoms with Crippen molar-refractivity contribution in [2.45, 2.75) is 5.41 Å². The monoisotopic (exact) mass is 402 g/mol. The molecular formula is C27H18N2O2. The second-order valence-electron chi connectivity index (χ2n) is 8.13. The second kappa shape index (κ2) is 5.99. The summed E-state index contributed by atoms with van der Waals surface area (Å²) < 4.78 is 12.6. The zero-order chi connectivity index (χ0) is 20.4. The Balaban J connectivity index is 1.63. The summed E-state index contributed by atoms with van der Waals surface area (Å²) in [4.78, 5) is 7.93. The van der Waals surface area contributed by atoms with E-state index in [1.807, 2.05) is 18.3 Å². The number of nitrogens with one attached hydrogen (secondary N) is 1. The summed E-state index contributed by atoms with van der Waals surface area (Å²) in [5.74, 6) is 2.28. The van der Waals surface area contributed by atoms with Gasteiger partial charge < -0.3 is 14.1 Å². The van der Waals surface area contributed by atoms with Crippen molar-refractivity contribution in [3.05, 3.63) is 102 Å². The van der Waals surface area contributed by atoms with Crippen molar-refractivity contribution in [3.8, 4) is 28.2 Å². The van der Waals surface area contributed by atoms with Crippen LogP contribution in [0.4, 0.5) is 0 Å². The third kappa shape index (κ3) is 2.22. The van der Waals surface area contributed by atoms with Gasteiger partial charge in [-0.15, -0.1) is 0 Å². The second-order valence-corrected chi connectivity index (χ2v) is 8.13. The predicted octanol–water partition coefficient (Wildman–Crippen LogP) is 6.20. The fourth-order valence-electron chi connectivity index (χ4n) is 5.03. The minimum Gasteiger partial charge on any atom is -0.491 e. The summed E-state index contributed by atoms with van der Waals surface area (Å²) in [7, 11) is 0. The van der Waals surface area contributed by atoms with E-state index in [-0.39, 0.29) is 0 Å². The Morgan fingerprint density at radius 1 is 0.871 bits per heavy atom. The zero-order valence-corrected chi connectivity index (χ0v) is 16.6. The maximum absolute atomic E-state index is 6.46. The normalized spacial score (nSPS) is 19.5. The van der Waals surface area contributed by atoms with Gasteiger partial charge in [-0.05, 0) is 23.3 Å². The molecule has 7 rings (SSSR count). The summed E-state index contributed by atoms with van der Waals surface area (Å²) in [6, 6.07) is 23.3. The molecule has 0 spiro atoms. The van der Waals surface area contributed by atoms with Crippen LogP contribution in [0, 0.1) is 0 Å². The molecule has 0 saturated heterocycles. The van der Waals surface area contributed by atoms with Gasteiger partial charge in [0.05, 0.1) is 11.6 Å². The van der Waals surface area contributed by atoms with Crippen molar-refractivity contribution in [1.82, 2.24) is 9.97 Å². The van der Waals surface area contributed by atoms with Crippen LogP contribution in [-0.2, 0) is 5.41 Å². The van der Waals surface area contributed by atoms with Crippen molar-refractivity contribution in [2.75, 3.05) is 6.61 Å². The van der Waals surface area contributed by atoms with Gasteiger partial charge in [0.15, 0.2) is 5.76 Å². The van der Waals surface area contributed by atoms with Crippen molar-refractivity contribution in [1.29, 1.82) is 0 Å². The Bertz CT molecular complexity index is 1490. The molecule has 2 aromatic heterocycles. The molecule has 3 aromatic carbocycles. The standard InChI is InChI=1S/C27H18N2O2/c1-2-6-17(7-3-1)27-13-12-24-29-15-23(31-24)20-14-28-22-11-5-8-18(25(20)22)19-9-4-10-21(27)26(19)30-16-27/h1-15,28H,16H2/b13-12-. The Morgan fingerprint density at radius 3 is 2.68 bits per heavy atom. The fraction of sp³-hybridized carbons (Fsp3) is 0.0741. The number of oxazole rings is 1. The van der Waals surface area contributed by atoms with E-state index in [4.69, 9.17) is 9.15 Å². The van der Waals surface area contributed by atoms with E-state index in [1.54, 1.807) is 6.20 Å². The quantitative estimate of drug-likeness (QED) is 0.363. The highest BCUT2D eigenvalue weighted by Crippen LogP contribution is 2.51. The zero-order valence-electron chi connectivity index (χ0n) is 16.6. The van der Waals surface area contributed by atoms with Crippen LogP contribution >= 0.6 is 0 Å². The van der Waals surface area contributed by atoms with E-state index in [0.29, 0.717) is 12.5 Å². The Hall–Kier alpha value is -4.05. The molecule has 6 bridgehead atoms. The SMILES string of the molecule is C1=C\C2(c3ccccc3)COc3c(cccc32)-c2cccc3[nH]cc(c23)-c2cnc/1o2. The van der Waals surface area contributed by atoms with Crippen LogP contribution < -0.4 is 4.74 Å². The van der Waals surface area contributed by atoms with Crippen LogP contribution in [0.15, 0.2) is 89.6 Å². The van der Waals surface area contributed by atoms with Gasteiger partial charge >= 0.3 is 0 Å². The molecule has 2 aliphatic heterocycles.